The van der Waals surface area contributed by atoms with E-state index in [2.05, 4.69) is 53.0 Å². The van der Waals surface area contributed by atoms with Crippen molar-refractivity contribution in [3.05, 3.63) is 35.9 Å². The molecule has 0 aromatic heterocycles. The Kier molecular flexibility index (Phi) is 5.40. The maximum atomic E-state index is 9.58. The first kappa shape index (κ1) is 18.3. The van der Waals surface area contributed by atoms with Gasteiger partial charge in [-0.15, -0.1) is 5.54 Å². The Morgan fingerprint density at radius 3 is 1.96 bits per heavy atom. The SMILES string of the molecule is CC(C)[Si](C#C[C@@]1(c2ccccc2)O[C@@H]1CO)(C(C)C)C(C)C. The molecular formula is C20H30O2Si. The van der Waals surface area contributed by atoms with Crippen LogP contribution < -0.4 is 0 Å². The first-order valence-electron chi connectivity index (χ1n) is 8.69. The van der Waals surface area contributed by atoms with Gasteiger partial charge >= 0.3 is 0 Å². The molecule has 2 nitrogen and oxygen atoms in total. The number of rotatable bonds is 5. The summed E-state index contributed by atoms with van der Waals surface area (Å²) >= 11 is 0. The van der Waals surface area contributed by atoms with E-state index in [-0.39, 0.29) is 12.7 Å². The van der Waals surface area contributed by atoms with Gasteiger partial charge in [-0.2, -0.15) is 0 Å². The quantitative estimate of drug-likeness (QED) is 0.490. The second-order valence-electron chi connectivity index (χ2n) is 7.54. The van der Waals surface area contributed by atoms with E-state index in [0.29, 0.717) is 16.6 Å². The molecule has 0 amide bonds. The van der Waals surface area contributed by atoms with Crippen molar-refractivity contribution in [3.8, 4) is 11.5 Å². The minimum Gasteiger partial charge on any atom is -0.394 e. The van der Waals surface area contributed by atoms with Crippen molar-refractivity contribution >= 4 is 8.07 Å². The molecule has 1 N–H and O–H groups in total. The Hall–Kier alpha value is -1.08. The summed E-state index contributed by atoms with van der Waals surface area (Å²) in [7, 11) is -1.80. The van der Waals surface area contributed by atoms with Gasteiger partial charge in [-0.05, 0) is 22.2 Å². The van der Waals surface area contributed by atoms with E-state index in [4.69, 9.17) is 4.74 Å². The first-order chi connectivity index (χ1) is 10.8. The molecule has 0 aliphatic carbocycles. The highest BCUT2D eigenvalue weighted by Crippen LogP contribution is 2.47. The topological polar surface area (TPSA) is 32.8 Å². The van der Waals surface area contributed by atoms with E-state index < -0.39 is 13.7 Å². The largest absolute Gasteiger partial charge is 0.394 e. The molecule has 0 radical (unpaired) electrons. The van der Waals surface area contributed by atoms with Crippen LogP contribution in [0.25, 0.3) is 0 Å². The standard InChI is InChI=1S/C20H30O2Si/c1-15(2)23(16(3)4,17(5)6)13-12-20(19(14-21)22-20)18-10-8-7-9-11-18/h7-11,15-17,19,21H,14H2,1-6H3/t19-,20+/m1/s1. The first-order valence-corrected chi connectivity index (χ1v) is 10.9. The van der Waals surface area contributed by atoms with Crippen molar-refractivity contribution in [2.75, 3.05) is 6.61 Å². The Bertz CT molecular complexity index is 561. The maximum absolute atomic E-state index is 9.58. The predicted octanol–water partition coefficient (Wildman–Crippen LogP) is 4.49. The van der Waals surface area contributed by atoms with Gasteiger partial charge in [0.2, 0.25) is 0 Å². The van der Waals surface area contributed by atoms with Crippen LogP contribution in [-0.4, -0.2) is 25.9 Å². The summed E-state index contributed by atoms with van der Waals surface area (Å²) in [5.74, 6) is 3.50. The molecule has 0 unspecified atom stereocenters. The van der Waals surface area contributed by atoms with Gasteiger partial charge in [0, 0.05) is 0 Å². The number of aliphatic hydroxyl groups excluding tert-OH is 1. The highest BCUT2D eigenvalue weighted by Gasteiger charge is 2.57. The minimum atomic E-state index is -1.80. The van der Waals surface area contributed by atoms with E-state index in [1.807, 2.05) is 30.3 Å². The number of epoxide rings is 1. The third-order valence-electron chi connectivity index (χ3n) is 5.42. The average Bonchev–Trinajstić information content (AvgIpc) is 3.22. The van der Waals surface area contributed by atoms with E-state index in [1.165, 1.54) is 0 Å². The van der Waals surface area contributed by atoms with Crippen LogP contribution in [0.15, 0.2) is 30.3 Å². The monoisotopic (exact) mass is 330 g/mol. The summed E-state index contributed by atoms with van der Waals surface area (Å²) in [6, 6.07) is 10.1. The minimum absolute atomic E-state index is 0.0170. The van der Waals surface area contributed by atoms with Crippen LogP contribution in [0.4, 0.5) is 0 Å². The summed E-state index contributed by atoms with van der Waals surface area (Å²) in [6.45, 7) is 13.9. The van der Waals surface area contributed by atoms with Crippen molar-refractivity contribution in [1.29, 1.82) is 0 Å². The third kappa shape index (κ3) is 3.13. The zero-order chi connectivity index (χ0) is 17.3. The van der Waals surface area contributed by atoms with Gasteiger partial charge in [-0.1, -0.05) is 77.8 Å². The van der Waals surface area contributed by atoms with Gasteiger partial charge in [-0.3, -0.25) is 0 Å². The van der Waals surface area contributed by atoms with Crippen LogP contribution in [0.5, 0.6) is 0 Å². The number of benzene rings is 1. The molecular weight excluding hydrogens is 300 g/mol. The van der Waals surface area contributed by atoms with Gasteiger partial charge in [-0.25, -0.2) is 0 Å². The number of aliphatic hydroxyl groups is 1. The molecule has 0 bridgehead atoms. The Balaban J connectivity index is 2.48. The molecule has 2 atom stereocenters. The summed E-state index contributed by atoms with van der Waals surface area (Å²) in [5.41, 5.74) is 5.98. The Labute approximate surface area is 142 Å². The van der Waals surface area contributed by atoms with Crippen LogP contribution in [0.2, 0.25) is 16.6 Å². The molecule has 0 spiro atoms. The fraction of sp³-hybridized carbons (Fsp3) is 0.600. The second-order valence-corrected chi connectivity index (χ2v) is 13.1. The second kappa shape index (κ2) is 6.81. The molecule has 3 heteroatoms. The molecule has 1 aromatic carbocycles. The number of hydrogen-bond donors (Lipinski definition) is 1. The van der Waals surface area contributed by atoms with Gasteiger partial charge in [0.25, 0.3) is 0 Å². The Morgan fingerprint density at radius 1 is 1.04 bits per heavy atom. The summed E-state index contributed by atoms with van der Waals surface area (Å²) in [4.78, 5) is 0. The maximum Gasteiger partial charge on any atom is 0.182 e. The van der Waals surface area contributed by atoms with Crippen molar-refractivity contribution in [2.45, 2.75) is 69.9 Å². The van der Waals surface area contributed by atoms with Crippen LogP contribution >= 0.6 is 0 Å². The fourth-order valence-corrected chi connectivity index (χ4v) is 9.38. The number of hydrogen-bond acceptors (Lipinski definition) is 2. The highest BCUT2D eigenvalue weighted by atomic mass is 28.3. The normalized spacial score (nSPS) is 24.0. The van der Waals surface area contributed by atoms with Crippen molar-refractivity contribution in [3.63, 3.8) is 0 Å². The lowest BCUT2D eigenvalue weighted by atomic mass is 9.96. The molecule has 1 aliphatic heterocycles. The molecule has 2 rings (SSSR count). The molecule has 126 valence electrons. The number of ether oxygens (including phenoxy) is 1. The van der Waals surface area contributed by atoms with Crippen LogP contribution in [0, 0.1) is 11.5 Å². The van der Waals surface area contributed by atoms with Gasteiger partial charge in [0.1, 0.15) is 14.2 Å². The van der Waals surface area contributed by atoms with E-state index in [1.54, 1.807) is 0 Å². The summed E-state index contributed by atoms with van der Waals surface area (Å²) in [6.07, 6.45) is -0.199. The molecule has 1 aromatic rings. The van der Waals surface area contributed by atoms with Crippen LogP contribution in [0.1, 0.15) is 47.1 Å². The Morgan fingerprint density at radius 2 is 1.57 bits per heavy atom. The lowest BCUT2D eigenvalue weighted by Crippen LogP contribution is -2.43. The molecule has 1 fully saturated rings. The zero-order valence-electron chi connectivity index (χ0n) is 15.3. The smallest absolute Gasteiger partial charge is 0.182 e. The van der Waals surface area contributed by atoms with E-state index >= 15 is 0 Å². The molecule has 1 saturated heterocycles. The zero-order valence-corrected chi connectivity index (χ0v) is 16.3. The lowest BCUT2D eigenvalue weighted by molar-refractivity contribution is 0.239. The van der Waals surface area contributed by atoms with Crippen molar-refractivity contribution in [1.82, 2.24) is 0 Å². The van der Waals surface area contributed by atoms with Gasteiger partial charge in [0.15, 0.2) is 5.60 Å². The summed E-state index contributed by atoms with van der Waals surface area (Å²) in [5, 5.41) is 9.58. The average molecular weight is 331 g/mol. The molecule has 23 heavy (non-hydrogen) atoms. The lowest BCUT2D eigenvalue weighted by Gasteiger charge is -2.38. The summed E-state index contributed by atoms with van der Waals surface area (Å²) < 4.78 is 5.87. The third-order valence-corrected chi connectivity index (χ3v) is 11.7. The molecule has 1 aliphatic rings. The van der Waals surface area contributed by atoms with E-state index in [9.17, 15) is 5.11 Å². The molecule has 0 saturated carbocycles. The van der Waals surface area contributed by atoms with Crippen LogP contribution in [0.3, 0.4) is 0 Å². The van der Waals surface area contributed by atoms with Crippen LogP contribution in [-0.2, 0) is 10.3 Å². The van der Waals surface area contributed by atoms with Gasteiger partial charge < -0.3 is 9.84 Å². The van der Waals surface area contributed by atoms with Gasteiger partial charge in [0.05, 0.1) is 6.61 Å². The molecule has 1 heterocycles. The fourth-order valence-electron chi connectivity index (χ4n) is 4.11. The predicted molar refractivity (Wildman–Crippen MR) is 98.9 cm³/mol. The van der Waals surface area contributed by atoms with E-state index in [0.717, 1.165) is 5.56 Å². The highest BCUT2D eigenvalue weighted by molar-refractivity contribution is 6.90. The van der Waals surface area contributed by atoms with Crippen molar-refractivity contribution < 1.29 is 9.84 Å². The van der Waals surface area contributed by atoms with Crippen molar-refractivity contribution in [2.24, 2.45) is 0 Å².